The Morgan fingerprint density at radius 2 is 2.08 bits per heavy atom. The van der Waals surface area contributed by atoms with E-state index in [0.29, 0.717) is 12.5 Å². The molecule has 1 fully saturated rings. The van der Waals surface area contributed by atoms with E-state index in [-0.39, 0.29) is 32.5 Å². The molecule has 26 heavy (non-hydrogen) atoms. The minimum atomic E-state index is -4.60. The predicted molar refractivity (Wildman–Crippen MR) is 93.8 cm³/mol. The molecular formula is C17H18F3NO3S2. The summed E-state index contributed by atoms with van der Waals surface area (Å²) in [7, 11) is -3.73. The van der Waals surface area contributed by atoms with E-state index >= 15 is 0 Å². The van der Waals surface area contributed by atoms with Crippen molar-refractivity contribution >= 4 is 32.7 Å². The van der Waals surface area contributed by atoms with Crippen LogP contribution in [0.5, 0.6) is 0 Å². The number of fused-ring (bicyclic) bond motifs is 1. The van der Waals surface area contributed by atoms with Crippen LogP contribution in [0.3, 0.4) is 0 Å². The summed E-state index contributed by atoms with van der Waals surface area (Å²) in [5.41, 5.74) is -1.26. The first-order chi connectivity index (χ1) is 12.0. The first-order valence-corrected chi connectivity index (χ1v) is 10.6. The molecule has 2 heterocycles. The second kappa shape index (κ2) is 6.53. The highest BCUT2D eigenvalue weighted by Gasteiger charge is 2.39. The Morgan fingerprint density at radius 1 is 1.42 bits per heavy atom. The molecule has 1 saturated carbocycles. The standard InChI is InChI=1S/C17H18F3NO3S2/c1-3-12(17(18,19)20)10(2)13-8-14-15(25-13)16(22)21(9-11-4-5-11)6-7-26(14,23)24/h3,8,11H,2,4-7,9H2,1H3/b12-3+. The zero-order valence-corrected chi connectivity index (χ0v) is 15.7. The van der Waals surface area contributed by atoms with Crippen molar-refractivity contribution in [1.82, 2.24) is 4.90 Å². The van der Waals surface area contributed by atoms with E-state index < -0.39 is 27.5 Å². The van der Waals surface area contributed by atoms with Crippen molar-refractivity contribution in [3.63, 3.8) is 0 Å². The van der Waals surface area contributed by atoms with Gasteiger partial charge in [-0.3, -0.25) is 4.79 Å². The molecule has 1 aliphatic heterocycles. The first kappa shape index (κ1) is 19.2. The Hall–Kier alpha value is -1.61. The van der Waals surface area contributed by atoms with Crippen molar-refractivity contribution in [3.8, 4) is 0 Å². The summed E-state index contributed by atoms with van der Waals surface area (Å²) in [6.07, 6.45) is -1.70. The molecule has 0 atom stereocenters. The van der Waals surface area contributed by atoms with Crippen molar-refractivity contribution in [1.29, 1.82) is 0 Å². The summed E-state index contributed by atoms with van der Waals surface area (Å²) in [4.78, 5) is 14.1. The molecule has 0 saturated heterocycles. The van der Waals surface area contributed by atoms with Gasteiger partial charge in [0.1, 0.15) is 4.88 Å². The molecule has 142 valence electrons. The lowest BCUT2D eigenvalue weighted by Crippen LogP contribution is -2.34. The summed E-state index contributed by atoms with van der Waals surface area (Å²) in [6, 6.07) is 1.16. The molecule has 9 heteroatoms. The van der Waals surface area contributed by atoms with Crippen LogP contribution in [-0.2, 0) is 9.84 Å². The van der Waals surface area contributed by atoms with Crippen LogP contribution in [0.2, 0.25) is 0 Å². The number of nitrogens with zero attached hydrogens (tertiary/aromatic N) is 1. The molecule has 0 N–H and O–H groups in total. The van der Waals surface area contributed by atoms with E-state index in [0.717, 1.165) is 36.3 Å². The lowest BCUT2D eigenvalue weighted by atomic mass is 10.1. The molecular weight excluding hydrogens is 387 g/mol. The van der Waals surface area contributed by atoms with Gasteiger partial charge in [-0.25, -0.2) is 8.42 Å². The second-order valence-electron chi connectivity index (χ2n) is 6.50. The third-order valence-corrected chi connectivity index (χ3v) is 7.56. The highest BCUT2D eigenvalue weighted by Crippen LogP contribution is 2.41. The number of carbonyl (C=O) groups excluding carboxylic acids is 1. The number of hydrogen-bond acceptors (Lipinski definition) is 4. The fourth-order valence-electron chi connectivity index (χ4n) is 2.92. The Labute approximate surface area is 153 Å². The van der Waals surface area contributed by atoms with Crippen LogP contribution in [0.4, 0.5) is 13.2 Å². The smallest absolute Gasteiger partial charge is 0.337 e. The second-order valence-corrected chi connectivity index (χ2v) is 9.63. The van der Waals surface area contributed by atoms with E-state index in [1.807, 2.05) is 0 Å². The van der Waals surface area contributed by atoms with Crippen LogP contribution < -0.4 is 0 Å². The Bertz CT molecular complexity index is 893. The van der Waals surface area contributed by atoms with Gasteiger partial charge in [-0.2, -0.15) is 13.2 Å². The van der Waals surface area contributed by atoms with E-state index in [2.05, 4.69) is 6.58 Å². The molecule has 1 amide bonds. The number of sulfone groups is 1. The monoisotopic (exact) mass is 405 g/mol. The quantitative estimate of drug-likeness (QED) is 0.714. The Balaban J connectivity index is 2.02. The first-order valence-electron chi connectivity index (χ1n) is 8.13. The summed E-state index contributed by atoms with van der Waals surface area (Å²) in [5, 5.41) is 0. The highest BCUT2D eigenvalue weighted by atomic mass is 32.2. The van der Waals surface area contributed by atoms with Gasteiger partial charge in [-0.15, -0.1) is 11.3 Å². The number of carbonyl (C=O) groups is 1. The van der Waals surface area contributed by atoms with Crippen LogP contribution in [0.25, 0.3) is 5.57 Å². The number of rotatable bonds is 4. The highest BCUT2D eigenvalue weighted by molar-refractivity contribution is 7.91. The van der Waals surface area contributed by atoms with Gasteiger partial charge in [0.25, 0.3) is 5.91 Å². The van der Waals surface area contributed by atoms with E-state index in [9.17, 15) is 26.4 Å². The number of amides is 1. The molecule has 1 aromatic rings. The SMILES string of the molecule is C=C(/C(=C\C)C(F)(F)F)c1cc2c(s1)C(=O)N(CC1CC1)CCS2(=O)=O. The lowest BCUT2D eigenvalue weighted by molar-refractivity contribution is -0.0871. The van der Waals surface area contributed by atoms with Gasteiger partial charge in [0.15, 0.2) is 9.84 Å². The van der Waals surface area contributed by atoms with Gasteiger partial charge < -0.3 is 4.90 Å². The Kier molecular flexibility index (Phi) is 4.81. The summed E-state index contributed by atoms with van der Waals surface area (Å²) >= 11 is 0.767. The van der Waals surface area contributed by atoms with E-state index in [1.54, 1.807) is 0 Å². The maximum atomic E-state index is 13.1. The third kappa shape index (κ3) is 3.59. The minimum absolute atomic E-state index is 0.0167. The van der Waals surface area contributed by atoms with Gasteiger partial charge in [0.05, 0.1) is 16.2 Å². The average molecular weight is 405 g/mol. The largest absolute Gasteiger partial charge is 0.416 e. The number of allylic oxidation sites excluding steroid dienone is 3. The van der Waals surface area contributed by atoms with Gasteiger partial charge in [-0.05, 0) is 37.3 Å². The van der Waals surface area contributed by atoms with Crippen molar-refractivity contribution in [2.24, 2.45) is 5.92 Å². The molecule has 1 aliphatic carbocycles. The van der Waals surface area contributed by atoms with Crippen LogP contribution in [0, 0.1) is 5.92 Å². The lowest BCUT2D eigenvalue weighted by Gasteiger charge is -2.19. The zero-order chi connectivity index (χ0) is 19.3. The molecule has 0 radical (unpaired) electrons. The molecule has 1 aromatic heterocycles. The van der Waals surface area contributed by atoms with Gasteiger partial charge >= 0.3 is 6.18 Å². The molecule has 0 spiro atoms. The molecule has 0 bridgehead atoms. The van der Waals surface area contributed by atoms with Crippen LogP contribution in [0.15, 0.2) is 29.2 Å². The van der Waals surface area contributed by atoms with Crippen LogP contribution in [-0.4, -0.2) is 44.2 Å². The fourth-order valence-corrected chi connectivity index (χ4v) is 5.85. The Morgan fingerprint density at radius 3 is 2.62 bits per heavy atom. The maximum Gasteiger partial charge on any atom is 0.416 e. The zero-order valence-electron chi connectivity index (χ0n) is 14.1. The van der Waals surface area contributed by atoms with E-state index in [4.69, 9.17) is 0 Å². The van der Waals surface area contributed by atoms with Gasteiger partial charge in [-0.1, -0.05) is 12.7 Å². The van der Waals surface area contributed by atoms with Crippen LogP contribution >= 0.6 is 11.3 Å². The molecule has 0 aromatic carbocycles. The number of hydrogen-bond donors (Lipinski definition) is 0. The summed E-state index contributed by atoms with van der Waals surface area (Å²) < 4.78 is 64.4. The summed E-state index contributed by atoms with van der Waals surface area (Å²) in [5.74, 6) is -0.264. The fraction of sp³-hybridized carbons (Fsp3) is 0.471. The van der Waals surface area contributed by atoms with Crippen molar-refractivity contribution in [3.05, 3.63) is 34.0 Å². The normalized spacial score (nSPS) is 20.7. The maximum absolute atomic E-state index is 13.1. The topological polar surface area (TPSA) is 54.5 Å². The average Bonchev–Trinajstić information content (AvgIpc) is 3.24. The molecule has 0 unspecified atom stereocenters. The number of thiophene rings is 1. The number of alkyl halides is 3. The van der Waals surface area contributed by atoms with Crippen LogP contribution in [0.1, 0.15) is 34.3 Å². The molecule has 2 aliphatic rings. The van der Waals surface area contributed by atoms with Crippen molar-refractivity contribution in [2.45, 2.75) is 30.8 Å². The van der Waals surface area contributed by atoms with Gasteiger partial charge in [0, 0.05) is 18.0 Å². The van der Waals surface area contributed by atoms with Gasteiger partial charge in [0.2, 0.25) is 0 Å². The van der Waals surface area contributed by atoms with Crippen molar-refractivity contribution in [2.75, 3.05) is 18.8 Å². The third-order valence-electron chi connectivity index (χ3n) is 4.54. The molecule has 4 nitrogen and oxygen atoms in total. The summed E-state index contributed by atoms with van der Waals surface area (Å²) in [6.45, 7) is 5.32. The van der Waals surface area contributed by atoms with E-state index in [1.165, 1.54) is 11.8 Å². The molecule has 3 rings (SSSR count). The minimum Gasteiger partial charge on any atom is -0.337 e. The van der Waals surface area contributed by atoms with Crippen molar-refractivity contribution < 1.29 is 26.4 Å². The predicted octanol–water partition coefficient (Wildman–Crippen LogP) is 3.91. The number of halogens is 3.